The van der Waals surface area contributed by atoms with E-state index in [1.54, 1.807) is 0 Å². The van der Waals surface area contributed by atoms with Gasteiger partial charge in [-0.2, -0.15) is 15.0 Å². The number of sulfone groups is 1. The van der Waals surface area contributed by atoms with Gasteiger partial charge in [0.1, 0.15) is 31.6 Å². The van der Waals surface area contributed by atoms with Gasteiger partial charge in [-0.25, -0.2) is 33.7 Å². The summed E-state index contributed by atoms with van der Waals surface area (Å²) in [5, 5.41) is 13.0. The monoisotopic (exact) mass is 880 g/mol. The third-order valence-electron chi connectivity index (χ3n) is 6.70. The van der Waals surface area contributed by atoms with Crippen molar-refractivity contribution in [3.63, 3.8) is 0 Å². The SMILES string of the molecule is Nc1c(N=Nc2cc(Nc3nc(Cl)nc(Nc4ccc(S(=O)(=O)CCOS(=O)(=O)[O-])cc4)n3)ccc2S(=O)(=O)[O-])cc(S(=O)(=O)[O-])c2ccccc12.[Na+].[Na+].[Na+]. The van der Waals surface area contributed by atoms with Crippen LogP contribution in [0, 0.1) is 0 Å². The molecule has 5 aromatic rings. The topological polar surface area (TPSA) is 328 Å². The van der Waals surface area contributed by atoms with Gasteiger partial charge in [-0.05, 0) is 60.1 Å². The maximum Gasteiger partial charge on any atom is 1.00 e. The number of azo groups is 1. The Balaban J connectivity index is 0.00000348. The van der Waals surface area contributed by atoms with Crippen LogP contribution in [0.4, 0.5) is 40.3 Å². The van der Waals surface area contributed by atoms with E-state index in [-0.39, 0.29) is 144 Å². The van der Waals surface area contributed by atoms with Crippen LogP contribution in [0.15, 0.2) is 97.7 Å². The number of aromatic nitrogens is 3. The summed E-state index contributed by atoms with van der Waals surface area (Å²) in [6, 6.07) is 14.8. The molecule has 0 fully saturated rings. The first-order chi connectivity index (χ1) is 24.2. The van der Waals surface area contributed by atoms with E-state index in [1.165, 1.54) is 48.5 Å². The van der Waals surface area contributed by atoms with Crippen LogP contribution in [-0.2, 0) is 44.7 Å². The first kappa shape index (κ1) is 49.2. The third kappa shape index (κ3) is 13.3. The molecule has 20 nitrogen and oxygen atoms in total. The van der Waals surface area contributed by atoms with Crippen LogP contribution in [0.5, 0.6) is 0 Å². The van der Waals surface area contributed by atoms with Crippen LogP contribution in [0.1, 0.15) is 0 Å². The smallest absolute Gasteiger partial charge is 0.744 e. The number of anilines is 5. The predicted octanol–water partition coefficient (Wildman–Crippen LogP) is -5.77. The molecule has 0 bridgehead atoms. The minimum atomic E-state index is -5.14. The number of nitrogens with zero attached hydrogens (tertiary/aromatic N) is 5. The number of fused-ring (bicyclic) bond motifs is 1. The molecule has 0 aliphatic carbocycles. The molecule has 1 heterocycles. The van der Waals surface area contributed by atoms with Gasteiger partial charge in [0.15, 0.2) is 9.84 Å². The van der Waals surface area contributed by atoms with Crippen LogP contribution in [0.2, 0.25) is 5.28 Å². The summed E-state index contributed by atoms with van der Waals surface area (Å²) < 4.78 is 132. The molecule has 4 aromatic carbocycles. The van der Waals surface area contributed by atoms with E-state index in [0.717, 1.165) is 24.3 Å². The molecule has 0 saturated carbocycles. The molecule has 4 N–H and O–H groups in total. The second-order valence-electron chi connectivity index (χ2n) is 10.2. The van der Waals surface area contributed by atoms with Crippen molar-refractivity contribution in [1.29, 1.82) is 0 Å². The van der Waals surface area contributed by atoms with Gasteiger partial charge in [0.05, 0.1) is 32.7 Å². The van der Waals surface area contributed by atoms with Gasteiger partial charge < -0.3 is 30.0 Å². The van der Waals surface area contributed by atoms with E-state index < -0.39 is 68.3 Å². The van der Waals surface area contributed by atoms with Crippen LogP contribution in [-0.4, -0.2) is 74.6 Å². The fourth-order valence-corrected chi connectivity index (χ4v) is 7.40. The minimum absolute atomic E-state index is 0. The molecule has 274 valence electrons. The van der Waals surface area contributed by atoms with E-state index >= 15 is 0 Å². The molecule has 0 amide bonds. The van der Waals surface area contributed by atoms with E-state index in [1.807, 2.05) is 0 Å². The summed E-state index contributed by atoms with van der Waals surface area (Å²) in [5.74, 6) is -1.14. The van der Waals surface area contributed by atoms with E-state index in [4.69, 9.17) is 17.3 Å². The third-order valence-corrected chi connectivity index (χ3v) is 10.8. The normalized spacial score (nSPS) is 12.0. The molecular formula is C27H20ClN8Na3O12S4. The Morgan fingerprint density at radius 2 is 1.20 bits per heavy atom. The summed E-state index contributed by atoms with van der Waals surface area (Å²) >= 11 is 6.05. The van der Waals surface area contributed by atoms with E-state index in [0.29, 0.717) is 0 Å². The van der Waals surface area contributed by atoms with E-state index in [2.05, 4.69) is 40.0 Å². The van der Waals surface area contributed by atoms with Gasteiger partial charge in [-0.3, -0.25) is 4.18 Å². The van der Waals surface area contributed by atoms with Crippen molar-refractivity contribution >= 4 is 103 Å². The Kier molecular flexibility index (Phi) is 17.6. The van der Waals surface area contributed by atoms with Crippen LogP contribution >= 0.6 is 11.6 Å². The Labute approximate surface area is 385 Å². The fourth-order valence-electron chi connectivity index (χ4n) is 4.46. The zero-order valence-corrected chi connectivity index (χ0v) is 38.6. The van der Waals surface area contributed by atoms with Crippen LogP contribution in [0.25, 0.3) is 10.8 Å². The summed E-state index contributed by atoms with van der Waals surface area (Å²) in [7, 11) is -19.2. The molecule has 0 aliphatic rings. The molecule has 0 saturated heterocycles. The van der Waals surface area contributed by atoms with Crippen molar-refractivity contribution < 1.29 is 140 Å². The average Bonchev–Trinajstić information content (AvgIpc) is 3.03. The maximum atomic E-state index is 12.4. The number of halogens is 1. The Morgan fingerprint density at radius 3 is 1.76 bits per heavy atom. The van der Waals surface area contributed by atoms with Gasteiger partial charge in [0.2, 0.25) is 27.6 Å². The standard InChI is InChI=1S/C27H23ClN8O12S4.3Na/c28-25-32-26(30-15-5-8-17(9-6-15)49(37,38)12-11-48-52(45,46)47)34-27(33-25)31-16-7-10-22(50(39,40)41)20(13-16)35-36-21-14-23(51(42,43)44)18-3-1-2-4-19(18)24(21)29;;;/h1-10,13-14H,11-12,29H2,(H,39,40,41)(H,42,43,44)(H,45,46,47)(H2,30,31,32,33,34);;;/q;3*+1/p-3. The molecular weight excluding hydrogens is 861 g/mol. The number of benzene rings is 4. The second-order valence-corrected chi connectivity index (χ2v) is 16.4. The average molecular weight is 881 g/mol. The predicted molar refractivity (Wildman–Crippen MR) is 180 cm³/mol. The minimum Gasteiger partial charge on any atom is -0.744 e. The van der Waals surface area contributed by atoms with Crippen molar-refractivity contribution in [3.8, 4) is 0 Å². The molecule has 55 heavy (non-hydrogen) atoms. The van der Waals surface area contributed by atoms with Gasteiger partial charge in [-0.15, -0.1) is 10.2 Å². The molecule has 28 heteroatoms. The van der Waals surface area contributed by atoms with E-state index in [9.17, 15) is 47.3 Å². The van der Waals surface area contributed by atoms with Gasteiger partial charge in [0.25, 0.3) is 0 Å². The summed E-state index contributed by atoms with van der Waals surface area (Å²) in [6.45, 7) is -0.873. The molecule has 5 rings (SSSR count). The molecule has 1 aromatic heterocycles. The van der Waals surface area contributed by atoms with Gasteiger partial charge in [0, 0.05) is 22.1 Å². The molecule has 0 radical (unpaired) electrons. The summed E-state index contributed by atoms with van der Waals surface area (Å²) in [5.41, 5.74) is 5.54. The number of nitrogens with one attached hydrogen (secondary N) is 2. The van der Waals surface area contributed by atoms with Crippen molar-refractivity contribution in [2.24, 2.45) is 10.2 Å². The first-order valence-corrected chi connectivity index (χ1v) is 20.1. The second kappa shape index (κ2) is 19.7. The van der Waals surface area contributed by atoms with Crippen molar-refractivity contribution in [2.75, 3.05) is 28.7 Å². The number of rotatable bonds is 13. The Morgan fingerprint density at radius 1 is 0.673 bits per heavy atom. The number of nitrogens with two attached hydrogens (primary N) is 1. The van der Waals surface area contributed by atoms with Crippen LogP contribution in [0.3, 0.4) is 0 Å². The van der Waals surface area contributed by atoms with Crippen molar-refractivity contribution in [2.45, 2.75) is 14.7 Å². The Bertz CT molecular complexity index is 2700. The first-order valence-electron chi connectivity index (χ1n) is 13.9. The summed E-state index contributed by atoms with van der Waals surface area (Å²) in [4.78, 5) is 10.3. The maximum absolute atomic E-state index is 12.4. The molecule has 0 aliphatic heterocycles. The molecule has 0 unspecified atom stereocenters. The van der Waals surface area contributed by atoms with Crippen LogP contribution < -0.4 is 105 Å². The number of nitrogen functional groups attached to an aromatic ring is 1. The van der Waals surface area contributed by atoms with Crippen molar-refractivity contribution in [1.82, 2.24) is 15.0 Å². The zero-order chi connectivity index (χ0) is 38.1. The quantitative estimate of drug-likeness (QED) is 0.0326. The largest absolute Gasteiger partial charge is 1.00 e. The number of hydrogen-bond acceptors (Lipinski definition) is 20. The Hall–Kier alpha value is -1.92. The molecule has 0 spiro atoms. The summed E-state index contributed by atoms with van der Waals surface area (Å²) in [6.07, 6.45) is 0. The zero-order valence-electron chi connectivity index (χ0n) is 28.6. The van der Waals surface area contributed by atoms with Crippen molar-refractivity contribution in [3.05, 3.63) is 78.1 Å². The fraction of sp³-hybridized carbons (Fsp3) is 0.0741. The van der Waals surface area contributed by atoms with Gasteiger partial charge in [-0.1, -0.05) is 24.3 Å². The van der Waals surface area contributed by atoms with Gasteiger partial charge >= 0.3 is 88.7 Å². The molecule has 0 atom stereocenters. The number of hydrogen-bond donors (Lipinski definition) is 3.